The van der Waals surface area contributed by atoms with Crippen LogP contribution >= 0.6 is 0 Å². The number of carbonyl (C=O) groups excluding carboxylic acids is 2. The second kappa shape index (κ2) is 7.87. The predicted molar refractivity (Wildman–Crippen MR) is 108 cm³/mol. The molecule has 0 spiro atoms. The highest BCUT2D eigenvalue weighted by atomic mass is 19.1. The van der Waals surface area contributed by atoms with Crippen molar-refractivity contribution >= 4 is 11.8 Å². The number of hydrogen-bond acceptors (Lipinski definition) is 2. The van der Waals surface area contributed by atoms with Gasteiger partial charge in [-0.2, -0.15) is 0 Å². The molecule has 0 aromatic heterocycles. The van der Waals surface area contributed by atoms with Crippen molar-refractivity contribution in [2.24, 2.45) is 0 Å². The standard InChI is InChI=1S/C24H21FN2O2/c1-16(18-11-6-3-7-12-18)27-22(19-13-8-14-20(25)21(19)24(27)29)23(28)26-15-17-9-4-2-5-10-17/h2-14,16,22H,15H2,1H3,(H,26,28)/t16-,22?/m1/s1. The summed E-state index contributed by atoms with van der Waals surface area (Å²) in [7, 11) is 0. The molecular formula is C24H21FN2O2. The Morgan fingerprint density at radius 1 is 1.00 bits per heavy atom. The summed E-state index contributed by atoms with van der Waals surface area (Å²) in [5.41, 5.74) is 2.22. The summed E-state index contributed by atoms with van der Waals surface area (Å²) in [5.74, 6) is -1.39. The number of fused-ring (bicyclic) bond motifs is 1. The molecule has 2 atom stereocenters. The second-order valence-electron chi connectivity index (χ2n) is 7.11. The van der Waals surface area contributed by atoms with Gasteiger partial charge < -0.3 is 10.2 Å². The normalized spacial score (nSPS) is 16.4. The summed E-state index contributed by atoms with van der Waals surface area (Å²) < 4.78 is 14.5. The lowest BCUT2D eigenvalue weighted by Gasteiger charge is -2.31. The van der Waals surface area contributed by atoms with Crippen LogP contribution < -0.4 is 5.32 Å². The molecule has 1 aliphatic rings. The Labute approximate surface area is 169 Å². The molecule has 0 radical (unpaired) electrons. The Morgan fingerprint density at radius 3 is 2.34 bits per heavy atom. The Bertz CT molecular complexity index is 1040. The van der Waals surface area contributed by atoms with E-state index in [1.54, 1.807) is 6.07 Å². The van der Waals surface area contributed by atoms with E-state index in [1.165, 1.54) is 17.0 Å². The fourth-order valence-corrected chi connectivity index (χ4v) is 3.83. The molecule has 0 aliphatic carbocycles. The zero-order valence-electron chi connectivity index (χ0n) is 16.0. The molecule has 0 bridgehead atoms. The highest BCUT2D eigenvalue weighted by Crippen LogP contribution is 2.40. The number of benzene rings is 3. The van der Waals surface area contributed by atoms with Crippen LogP contribution in [-0.2, 0) is 11.3 Å². The Morgan fingerprint density at radius 2 is 1.66 bits per heavy atom. The molecule has 0 fully saturated rings. The third-order valence-electron chi connectivity index (χ3n) is 5.32. The fourth-order valence-electron chi connectivity index (χ4n) is 3.83. The van der Waals surface area contributed by atoms with E-state index in [4.69, 9.17) is 0 Å². The van der Waals surface area contributed by atoms with E-state index < -0.39 is 17.8 Å². The number of rotatable bonds is 5. The van der Waals surface area contributed by atoms with Gasteiger partial charge in [-0.15, -0.1) is 0 Å². The molecule has 3 aromatic rings. The first-order valence-corrected chi connectivity index (χ1v) is 9.55. The summed E-state index contributed by atoms with van der Waals surface area (Å²) in [4.78, 5) is 27.8. The maximum Gasteiger partial charge on any atom is 0.258 e. The number of halogens is 1. The second-order valence-corrected chi connectivity index (χ2v) is 7.11. The van der Waals surface area contributed by atoms with Gasteiger partial charge in [0.15, 0.2) is 0 Å². The monoisotopic (exact) mass is 388 g/mol. The predicted octanol–water partition coefficient (Wildman–Crippen LogP) is 4.40. The van der Waals surface area contributed by atoms with Crippen LogP contribution in [0.3, 0.4) is 0 Å². The summed E-state index contributed by atoms with van der Waals surface area (Å²) in [5, 5.41) is 2.90. The SMILES string of the molecule is C[C@H](c1ccccc1)N1C(=O)c2c(F)cccc2C1C(=O)NCc1ccccc1. The van der Waals surface area contributed by atoms with Gasteiger partial charge in [0.1, 0.15) is 11.9 Å². The zero-order chi connectivity index (χ0) is 20.4. The number of nitrogens with one attached hydrogen (secondary N) is 1. The van der Waals surface area contributed by atoms with Crippen molar-refractivity contribution in [3.05, 3.63) is 107 Å². The van der Waals surface area contributed by atoms with Gasteiger partial charge in [-0.3, -0.25) is 9.59 Å². The van der Waals surface area contributed by atoms with E-state index in [1.807, 2.05) is 67.6 Å². The van der Waals surface area contributed by atoms with Gasteiger partial charge >= 0.3 is 0 Å². The molecule has 146 valence electrons. The van der Waals surface area contributed by atoms with Gasteiger partial charge in [0, 0.05) is 6.54 Å². The minimum Gasteiger partial charge on any atom is -0.350 e. The number of amides is 2. The molecule has 1 heterocycles. The highest BCUT2D eigenvalue weighted by Gasteiger charge is 2.45. The van der Waals surface area contributed by atoms with E-state index in [-0.39, 0.29) is 17.5 Å². The minimum atomic E-state index is -0.882. The molecule has 29 heavy (non-hydrogen) atoms. The Kier molecular flexibility index (Phi) is 5.12. The lowest BCUT2D eigenvalue weighted by Crippen LogP contribution is -2.40. The Balaban J connectivity index is 1.68. The fraction of sp³-hybridized carbons (Fsp3) is 0.167. The van der Waals surface area contributed by atoms with Gasteiger partial charge in [0.2, 0.25) is 5.91 Å². The summed E-state index contributed by atoms with van der Waals surface area (Å²) in [6, 6.07) is 22.2. The van der Waals surface area contributed by atoms with E-state index in [2.05, 4.69) is 5.32 Å². The first-order chi connectivity index (χ1) is 14.1. The van der Waals surface area contributed by atoms with Crippen LogP contribution in [0.25, 0.3) is 0 Å². The third kappa shape index (κ3) is 3.51. The lowest BCUT2D eigenvalue weighted by molar-refractivity contribution is -0.126. The van der Waals surface area contributed by atoms with Crippen LogP contribution in [0.15, 0.2) is 78.9 Å². The molecule has 2 amide bonds. The molecule has 1 aliphatic heterocycles. The van der Waals surface area contributed by atoms with Crippen LogP contribution in [-0.4, -0.2) is 16.7 Å². The van der Waals surface area contributed by atoms with Gasteiger partial charge in [-0.1, -0.05) is 72.8 Å². The van der Waals surface area contributed by atoms with Crippen LogP contribution in [0.2, 0.25) is 0 Å². The topological polar surface area (TPSA) is 49.4 Å². The molecule has 4 rings (SSSR count). The van der Waals surface area contributed by atoms with Crippen molar-refractivity contribution in [2.45, 2.75) is 25.6 Å². The molecule has 0 saturated carbocycles. The van der Waals surface area contributed by atoms with Crippen molar-refractivity contribution in [3.63, 3.8) is 0 Å². The zero-order valence-corrected chi connectivity index (χ0v) is 16.0. The highest BCUT2D eigenvalue weighted by molar-refractivity contribution is 6.05. The lowest BCUT2D eigenvalue weighted by atomic mass is 10.0. The number of carbonyl (C=O) groups is 2. The average molecular weight is 388 g/mol. The van der Waals surface area contributed by atoms with Gasteiger partial charge in [0.05, 0.1) is 11.6 Å². The number of nitrogens with zero attached hydrogens (tertiary/aromatic N) is 1. The molecule has 1 N–H and O–H groups in total. The summed E-state index contributed by atoms with van der Waals surface area (Å²) in [6.45, 7) is 2.19. The first kappa shape index (κ1) is 18.9. The maximum atomic E-state index is 14.5. The van der Waals surface area contributed by atoms with Gasteiger partial charge in [0.25, 0.3) is 5.91 Å². The largest absolute Gasteiger partial charge is 0.350 e. The minimum absolute atomic E-state index is 0.0184. The summed E-state index contributed by atoms with van der Waals surface area (Å²) in [6.07, 6.45) is 0. The molecule has 0 saturated heterocycles. The summed E-state index contributed by atoms with van der Waals surface area (Å²) >= 11 is 0. The average Bonchev–Trinajstić information content (AvgIpc) is 3.06. The Hall–Kier alpha value is -3.47. The van der Waals surface area contributed by atoms with Crippen molar-refractivity contribution < 1.29 is 14.0 Å². The smallest absolute Gasteiger partial charge is 0.258 e. The maximum absolute atomic E-state index is 14.5. The van der Waals surface area contributed by atoms with E-state index in [0.717, 1.165) is 11.1 Å². The molecule has 1 unspecified atom stereocenters. The molecule has 4 nitrogen and oxygen atoms in total. The van der Waals surface area contributed by atoms with Crippen molar-refractivity contribution in [2.75, 3.05) is 0 Å². The van der Waals surface area contributed by atoms with E-state index >= 15 is 0 Å². The van der Waals surface area contributed by atoms with E-state index in [0.29, 0.717) is 12.1 Å². The third-order valence-corrected chi connectivity index (χ3v) is 5.32. The van der Waals surface area contributed by atoms with Gasteiger partial charge in [-0.05, 0) is 29.7 Å². The van der Waals surface area contributed by atoms with Crippen molar-refractivity contribution in [1.29, 1.82) is 0 Å². The van der Waals surface area contributed by atoms with Gasteiger partial charge in [-0.25, -0.2) is 4.39 Å². The van der Waals surface area contributed by atoms with Crippen LogP contribution in [0.5, 0.6) is 0 Å². The van der Waals surface area contributed by atoms with Crippen LogP contribution in [0.4, 0.5) is 4.39 Å². The van der Waals surface area contributed by atoms with Crippen LogP contribution in [0, 0.1) is 5.82 Å². The van der Waals surface area contributed by atoms with E-state index in [9.17, 15) is 14.0 Å². The molecule has 5 heteroatoms. The van der Waals surface area contributed by atoms with Crippen LogP contribution in [0.1, 0.15) is 46.1 Å². The van der Waals surface area contributed by atoms with Crippen molar-refractivity contribution in [1.82, 2.24) is 10.2 Å². The first-order valence-electron chi connectivity index (χ1n) is 9.55. The number of hydrogen-bond donors (Lipinski definition) is 1. The quantitative estimate of drug-likeness (QED) is 0.704. The molecular weight excluding hydrogens is 367 g/mol. The van der Waals surface area contributed by atoms with Crippen molar-refractivity contribution in [3.8, 4) is 0 Å². The molecule has 3 aromatic carbocycles.